The molecule has 18 heavy (non-hydrogen) atoms. The van der Waals surface area contributed by atoms with Crippen molar-refractivity contribution in [3.05, 3.63) is 0 Å². The summed E-state index contributed by atoms with van der Waals surface area (Å²) < 4.78 is 0. The summed E-state index contributed by atoms with van der Waals surface area (Å²) in [5, 5.41) is 20.1. The second-order valence-corrected chi connectivity index (χ2v) is 7.35. The average Bonchev–Trinajstić information content (AvgIpc) is 2.12. The van der Waals surface area contributed by atoms with Crippen LogP contribution in [0.2, 0.25) is 0 Å². The van der Waals surface area contributed by atoms with Gasteiger partial charge in [-0.3, -0.25) is 4.79 Å². The smallest absolute Gasteiger partial charge is 0.142 e. The summed E-state index contributed by atoms with van der Waals surface area (Å²) in [5.74, 6) is 0.200. The molecule has 0 bridgehead atoms. The summed E-state index contributed by atoms with van der Waals surface area (Å²) in [7, 11) is 0. The molecule has 2 aliphatic rings. The Labute approximate surface area is 110 Å². The van der Waals surface area contributed by atoms with E-state index >= 15 is 0 Å². The van der Waals surface area contributed by atoms with Gasteiger partial charge in [0.1, 0.15) is 5.78 Å². The number of rotatable bonds is 1. The molecule has 3 nitrogen and oxygen atoms in total. The van der Waals surface area contributed by atoms with E-state index in [-0.39, 0.29) is 35.1 Å². The number of Topliss-reactive ketones (excluding diaryl/α,β-unsaturated/α-hetero) is 1. The highest BCUT2D eigenvalue weighted by atomic mass is 16.3. The number of carbonyl (C=O) groups is 1. The van der Waals surface area contributed by atoms with E-state index in [1.54, 1.807) is 13.8 Å². The molecule has 0 aromatic rings. The zero-order valence-corrected chi connectivity index (χ0v) is 11.9. The zero-order valence-electron chi connectivity index (χ0n) is 11.9. The molecule has 0 aromatic carbocycles. The normalized spacial score (nSPS) is 45.8. The first kappa shape index (κ1) is 14.0. The molecule has 2 N–H and O–H groups in total. The molecule has 0 radical (unpaired) electrons. The first-order chi connectivity index (χ1) is 8.15. The van der Waals surface area contributed by atoms with Gasteiger partial charge in [-0.2, -0.15) is 0 Å². The molecule has 2 saturated carbocycles. The van der Waals surface area contributed by atoms with Crippen LogP contribution in [0.15, 0.2) is 0 Å². The van der Waals surface area contributed by atoms with Gasteiger partial charge in [0.25, 0.3) is 0 Å². The van der Waals surface area contributed by atoms with E-state index in [0.29, 0.717) is 6.42 Å². The van der Waals surface area contributed by atoms with Crippen molar-refractivity contribution in [1.29, 1.82) is 0 Å². The molecular formula is C15H26O3. The van der Waals surface area contributed by atoms with Crippen LogP contribution in [0.5, 0.6) is 0 Å². The zero-order chi connectivity index (χ0) is 13.7. The molecule has 0 amide bonds. The van der Waals surface area contributed by atoms with Crippen molar-refractivity contribution in [2.45, 2.75) is 65.1 Å². The third-order valence-electron chi connectivity index (χ3n) is 5.17. The number of aliphatic hydroxyl groups is 2. The molecule has 2 aliphatic carbocycles. The van der Waals surface area contributed by atoms with Gasteiger partial charge in [-0.25, -0.2) is 0 Å². The highest BCUT2D eigenvalue weighted by molar-refractivity contribution is 5.86. The minimum Gasteiger partial charge on any atom is -0.393 e. The Morgan fingerprint density at radius 3 is 2.56 bits per heavy atom. The number of hydrogen-bond donors (Lipinski definition) is 2. The van der Waals surface area contributed by atoms with Crippen LogP contribution >= 0.6 is 0 Å². The SMILES string of the molecule is CC1CC(O)CC2(C)CCC(C(C)(C)O)C(=O)C12. The molecule has 0 aliphatic heterocycles. The molecule has 0 aromatic heterocycles. The Bertz CT molecular complexity index is 344. The third-order valence-corrected chi connectivity index (χ3v) is 5.17. The Morgan fingerprint density at radius 2 is 2.00 bits per heavy atom. The number of fused-ring (bicyclic) bond motifs is 1. The van der Waals surface area contributed by atoms with Gasteiger partial charge < -0.3 is 10.2 Å². The summed E-state index contributed by atoms with van der Waals surface area (Å²) in [6.07, 6.45) is 2.85. The number of hydrogen-bond acceptors (Lipinski definition) is 3. The molecule has 2 fully saturated rings. The van der Waals surface area contributed by atoms with Gasteiger partial charge in [-0.15, -0.1) is 0 Å². The fourth-order valence-electron chi connectivity index (χ4n) is 4.42. The van der Waals surface area contributed by atoms with Crippen molar-refractivity contribution < 1.29 is 15.0 Å². The van der Waals surface area contributed by atoms with Gasteiger partial charge in [-0.05, 0) is 50.9 Å². The van der Waals surface area contributed by atoms with E-state index < -0.39 is 5.60 Å². The van der Waals surface area contributed by atoms with Crippen LogP contribution in [-0.2, 0) is 4.79 Å². The van der Waals surface area contributed by atoms with Gasteiger partial charge in [0.2, 0.25) is 0 Å². The maximum atomic E-state index is 12.7. The standard InChI is InChI=1S/C15H26O3/c1-9-7-10(16)8-15(4)6-5-11(14(2,3)18)13(17)12(9)15/h9-12,16,18H,5-8H2,1-4H3. The highest BCUT2D eigenvalue weighted by Crippen LogP contribution is 2.53. The summed E-state index contributed by atoms with van der Waals surface area (Å²) in [5.41, 5.74) is -0.996. The van der Waals surface area contributed by atoms with Crippen molar-refractivity contribution in [2.75, 3.05) is 0 Å². The monoisotopic (exact) mass is 254 g/mol. The average molecular weight is 254 g/mol. The molecule has 3 heteroatoms. The lowest BCUT2D eigenvalue weighted by Gasteiger charge is -2.52. The Morgan fingerprint density at radius 1 is 1.39 bits per heavy atom. The van der Waals surface area contributed by atoms with E-state index in [2.05, 4.69) is 13.8 Å². The van der Waals surface area contributed by atoms with Crippen molar-refractivity contribution in [1.82, 2.24) is 0 Å². The lowest BCUT2D eigenvalue weighted by atomic mass is 9.52. The quantitative estimate of drug-likeness (QED) is 0.754. The lowest BCUT2D eigenvalue weighted by molar-refractivity contribution is -0.155. The topological polar surface area (TPSA) is 57.5 Å². The van der Waals surface area contributed by atoms with E-state index in [1.807, 2.05) is 0 Å². The molecule has 5 unspecified atom stereocenters. The number of aliphatic hydroxyl groups excluding tert-OH is 1. The minimum absolute atomic E-state index is 0.00562. The van der Waals surface area contributed by atoms with Crippen molar-refractivity contribution >= 4 is 5.78 Å². The largest absolute Gasteiger partial charge is 0.393 e. The van der Waals surface area contributed by atoms with Gasteiger partial charge in [0.15, 0.2) is 0 Å². The third kappa shape index (κ3) is 2.23. The van der Waals surface area contributed by atoms with Gasteiger partial charge >= 0.3 is 0 Å². The predicted molar refractivity (Wildman–Crippen MR) is 70.0 cm³/mol. The predicted octanol–water partition coefficient (Wildman–Crippen LogP) is 2.15. The molecule has 5 atom stereocenters. The fourth-order valence-corrected chi connectivity index (χ4v) is 4.42. The summed E-state index contributed by atoms with van der Waals surface area (Å²) >= 11 is 0. The Hall–Kier alpha value is -0.410. The van der Waals surface area contributed by atoms with E-state index in [9.17, 15) is 15.0 Å². The van der Waals surface area contributed by atoms with Gasteiger partial charge in [0, 0.05) is 11.8 Å². The molecule has 104 valence electrons. The van der Waals surface area contributed by atoms with Crippen molar-refractivity contribution in [3.63, 3.8) is 0 Å². The van der Waals surface area contributed by atoms with E-state index in [0.717, 1.165) is 19.3 Å². The van der Waals surface area contributed by atoms with Gasteiger partial charge in [0.05, 0.1) is 11.7 Å². The summed E-state index contributed by atoms with van der Waals surface area (Å²) in [6.45, 7) is 7.67. The van der Waals surface area contributed by atoms with E-state index in [4.69, 9.17) is 0 Å². The lowest BCUT2D eigenvalue weighted by Crippen LogP contribution is -2.54. The second kappa shape index (κ2) is 4.31. The van der Waals surface area contributed by atoms with Crippen molar-refractivity contribution in [3.8, 4) is 0 Å². The summed E-state index contributed by atoms with van der Waals surface area (Å²) in [6, 6.07) is 0. The first-order valence-electron chi connectivity index (χ1n) is 7.09. The van der Waals surface area contributed by atoms with Crippen LogP contribution in [0.3, 0.4) is 0 Å². The maximum absolute atomic E-state index is 12.7. The highest BCUT2D eigenvalue weighted by Gasteiger charge is 2.54. The Balaban J connectivity index is 2.28. The van der Waals surface area contributed by atoms with E-state index in [1.165, 1.54) is 0 Å². The van der Waals surface area contributed by atoms with Crippen LogP contribution in [-0.4, -0.2) is 27.7 Å². The number of ketones is 1. The second-order valence-electron chi connectivity index (χ2n) is 7.35. The molecular weight excluding hydrogens is 228 g/mol. The van der Waals surface area contributed by atoms with Crippen LogP contribution in [0.4, 0.5) is 0 Å². The fraction of sp³-hybridized carbons (Fsp3) is 0.933. The summed E-state index contributed by atoms with van der Waals surface area (Å²) in [4.78, 5) is 12.7. The Kier molecular flexibility index (Phi) is 3.35. The van der Waals surface area contributed by atoms with Crippen LogP contribution in [0, 0.1) is 23.2 Å². The number of carbonyl (C=O) groups excluding carboxylic acids is 1. The molecule has 0 heterocycles. The van der Waals surface area contributed by atoms with Crippen LogP contribution in [0.1, 0.15) is 53.4 Å². The van der Waals surface area contributed by atoms with Crippen molar-refractivity contribution in [2.24, 2.45) is 23.2 Å². The maximum Gasteiger partial charge on any atom is 0.142 e. The van der Waals surface area contributed by atoms with Gasteiger partial charge in [-0.1, -0.05) is 13.8 Å². The van der Waals surface area contributed by atoms with Crippen LogP contribution in [0.25, 0.3) is 0 Å². The van der Waals surface area contributed by atoms with Crippen LogP contribution < -0.4 is 0 Å². The minimum atomic E-state index is -0.922. The molecule has 0 spiro atoms. The first-order valence-corrected chi connectivity index (χ1v) is 7.09. The molecule has 0 saturated heterocycles. The molecule has 2 rings (SSSR count).